The standard InChI is InChI=1S/C15H18N2O3S/c1-16-12-4-8-15(9-5-12)21(18,19)17(13-6-7-13)11-14-3-2-10-20-14/h2-5,8-10,13,16H,6-7,11H2,1H3. The number of nitrogens with one attached hydrogen (secondary N) is 1. The lowest BCUT2D eigenvalue weighted by Crippen LogP contribution is -2.32. The Hall–Kier alpha value is -1.79. The molecule has 6 heteroatoms. The van der Waals surface area contributed by atoms with Crippen LogP contribution in [0.1, 0.15) is 18.6 Å². The van der Waals surface area contributed by atoms with Crippen molar-refractivity contribution in [3.63, 3.8) is 0 Å². The molecule has 0 saturated heterocycles. The van der Waals surface area contributed by atoms with E-state index in [0.29, 0.717) is 10.7 Å². The first-order valence-electron chi connectivity index (χ1n) is 6.93. The molecule has 0 spiro atoms. The molecule has 0 aliphatic heterocycles. The number of hydrogen-bond acceptors (Lipinski definition) is 4. The number of nitrogens with zero attached hydrogens (tertiary/aromatic N) is 1. The van der Waals surface area contributed by atoms with Crippen LogP contribution in [0.2, 0.25) is 0 Å². The van der Waals surface area contributed by atoms with Gasteiger partial charge in [-0.1, -0.05) is 0 Å². The Labute approximate surface area is 124 Å². The zero-order chi connectivity index (χ0) is 14.9. The van der Waals surface area contributed by atoms with Crippen molar-refractivity contribution in [1.29, 1.82) is 0 Å². The SMILES string of the molecule is CNc1ccc(S(=O)(=O)N(Cc2ccco2)C2CC2)cc1. The molecule has 3 rings (SSSR count). The molecular weight excluding hydrogens is 288 g/mol. The first kappa shape index (κ1) is 14.2. The second-order valence-corrected chi connectivity index (χ2v) is 7.03. The number of anilines is 1. The minimum absolute atomic E-state index is 0.0871. The quantitative estimate of drug-likeness (QED) is 0.891. The van der Waals surface area contributed by atoms with Gasteiger partial charge in [-0.15, -0.1) is 0 Å². The van der Waals surface area contributed by atoms with E-state index in [1.165, 1.54) is 0 Å². The Morgan fingerprint density at radius 3 is 2.48 bits per heavy atom. The lowest BCUT2D eigenvalue weighted by Gasteiger charge is -2.21. The van der Waals surface area contributed by atoms with E-state index in [0.717, 1.165) is 18.5 Å². The first-order chi connectivity index (χ1) is 10.1. The summed E-state index contributed by atoms with van der Waals surface area (Å²) in [5.74, 6) is 0.664. The highest BCUT2D eigenvalue weighted by atomic mass is 32.2. The van der Waals surface area contributed by atoms with Crippen molar-refractivity contribution in [2.24, 2.45) is 0 Å². The maximum absolute atomic E-state index is 12.8. The molecule has 1 aliphatic rings. The third kappa shape index (κ3) is 2.96. The van der Waals surface area contributed by atoms with Crippen LogP contribution in [0, 0.1) is 0 Å². The van der Waals surface area contributed by atoms with Gasteiger partial charge in [0.1, 0.15) is 5.76 Å². The highest BCUT2D eigenvalue weighted by Gasteiger charge is 2.38. The Bertz CT molecular complexity index is 689. The molecule has 1 heterocycles. The lowest BCUT2D eigenvalue weighted by molar-refractivity contribution is 0.356. The van der Waals surface area contributed by atoms with E-state index in [1.54, 1.807) is 54.0 Å². The molecule has 0 amide bonds. The predicted molar refractivity (Wildman–Crippen MR) is 80.4 cm³/mol. The largest absolute Gasteiger partial charge is 0.468 e. The van der Waals surface area contributed by atoms with E-state index in [2.05, 4.69) is 5.32 Å². The Morgan fingerprint density at radius 2 is 1.95 bits per heavy atom. The maximum atomic E-state index is 12.8. The number of hydrogen-bond donors (Lipinski definition) is 1. The van der Waals surface area contributed by atoms with Gasteiger partial charge in [0.25, 0.3) is 0 Å². The fourth-order valence-electron chi connectivity index (χ4n) is 2.26. The topological polar surface area (TPSA) is 62.6 Å². The van der Waals surface area contributed by atoms with Crippen molar-refractivity contribution in [2.75, 3.05) is 12.4 Å². The van der Waals surface area contributed by atoms with Gasteiger partial charge in [-0.2, -0.15) is 4.31 Å². The minimum atomic E-state index is -3.49. The van der Waals surface area contributed by atoms with E-state index < -0.39 is 10.0 Å². The Kier molecular flexibility index (Phi) is 3.73. The van der Waals surface area contributed by atoms with Gasteiger partial charge in [-0.25, -0.2) is 8.42 Å². The van der Waals surface area contributed by atoms with E-state index >= 15 is 0 Å². The molecule has 2 aromatic rings. The van der Waals surface area contributed by atoms with Gasteiger partial charge in [0, 0.05) is 18.8 Å². The molecule has 0 atom stereocenters. The molecule has 0 radical (unpaired) electrons. The summed E-state index contributed by atoms with van der Waals surface area (Å²) >= 11 is 0. The second kappa shape index (κ2) is 5.54. The molecule has 1 aromatic heterocycles. The van der Waals surface area contributed by atoms with Crippen molar-refractivity contribution in [3.8, 4) is 0 Å². The summed E-state index contributed by atoms with van der Waals surface area (Å²) in [6.07, 6.45) is 3.39. The Balaban J connectivity index is 1.89. The van der Waals surface area contributed by atoms with Crippen LogP contribution in [-0.2, 0) is 16.6 Å². The summed E-state index contributed by atoms with van der Waals surface area (Å²) < 4.78 is 32.4. The highest BCUT2D eigenvalue weighted by molar-refractivity contribution is 7.89. The molecule has 1 aliphatic carbocycles. The summed E-state index contributed by atoms with van der Waals surface area (Å²) in [6, 6.07) is 10.5. The van der Waals surface area contributed by atoms with Gasteiger partial charge in [0.15, 0.2) is 0 Å². The number of rotatable bonds is 6. The van der Waals surface area contributed by atoms with E-state index in [-0.39, 0.29) is 12.6 Å². The predicted octanol–water partition coefficient (Wildman–Crippen LogP) is 2.67. The highest BCUT2D eigenvalue weighted by Crippen LogP contribution is 2.33. The van der Waals surface area contributed by atoms with E-state index in [9.17, 15) is 8.42 Å². The van der Waals surface area contributed by atoms with E-state index in [4.69, 9.17) is 4.42 Å². The van der Waals surface area contributed by atoms with Crippen LogP contribution in [0.4, 0.5) is 5.69 Å². The normalized spacial score (nSPS) is 15.3. The molecule has 112 valence electrons. The van der Waals surface area contributed by atoms with Crippen LogP contribution in [0.25, 0.3) is 0 Å². The van der Waals surface area contributed by atoms with Gasteiger partial charge in [-0.05, 0) is 49.2 Å². The van der Waals surface area contributed by atoms with Crippen LogP contribution in [0.15, 0.2) is 52.0 Å². The molecule has 1 saturated carbocycles. The van der Waals surface area contributed by atoms with E-state index in [1.807, 2.05) is 0 Å². The smallest absolute Gasteiger partial charge is 0.243 e. The Morgan fingerprint density at radius 1 is 1.24 bits per heavy atom. The number of benzene rings is 1. The fourth-order valence-corrected chi connectivity index (χ4v) is 3.91. The second-order valence-electron chi connectivity index (χ2n) is 5.14. The molecule has 1 fully saturated rings. The van der Waals surface area contributed by atoms with Crippen molar-refractivity contribution in [2.45, 2.75) is 30.3 Å². The molecule has 1 N–H and O–H groups in total. The van der Waals surface area contributed by atoms with Crippen LogP contribution in [0.5, 0.6) is 0 Å². The summed E-state index contributed by atoms with van der Waals surface area (Å²) in [6.45, 7) is 0.285. The number of sulfonamides is 1. The van der Waals surface area contributed by atoms with Gasteiger partial charge in [0.2, 0.25) is 10.0 Å². The minimum Gasteiger partial charge on any atom is -0.468 e. The van der Waals surface area contributed by atoms with Gasteiger partial charge < -0.3 is 9.73 Å². The van der Waals surface area contributed by atoms with Crippen LogP contribution < -0.4 is 5.32 Å². The molecule has 21 heavy (non-hydrogen) atoms. The van der Waals surface area contributed by atoms with Crippen LogP contribution >= 0.6 is 0 Å². The van der Waals surface area contributed by atoms with Crippen molar-refractivity contribution < 1.29 is 12.8 Å². The molecule has 1 aromatic carbocycles. The molecule has 5 nitrogen and oxygen atoms in total. The molecule has 0 bridgehead atoms. The monoisotopic (exact) mass is 306 g/mol. The average Bonchev–Trinajstić information content (AvgIpc) is 3.20. The summed E-state index contributed by atoms with van der Waals surface area (Å²) in [7, 11) is -1.69. The van der Waals surface area contributed by atoms with Crippen LogP contribution in [0.3, 0.4) is 0 Å². The van der Waals surface area contributed by atoms with Crippen molar-refractivity contribution in [1.82, 2.24) is 4.31 Å². The fraction of sp³-hybridized carbons (Fsp3) is 0.333. The van der Waals surface area contributed by atoms with Gasteiger partial charge in [-0.3, -0.25) is 0 Å². The maximum Gasteiger partial charge on any atom is 0.243 e. The van der Waals surface area contributed by atoms with Gasteiger partial charge in [0.05, 0.1) is 17.7 Å². The molecule has 0 unspecified atom stereocenters. The summed E-state index contributed by atoms with van der Waals surface area (Å²) in [4.78, 5) is 0.319. The zero-order valence-corrected chi connectivity index (χ0v) is 12.6. The third-order valence-corrected chi connectivity index (χ3v) is 5.51. The third-order valence-electron chi connectivity index (χ3n) is 3.60. The summed E-state index contributed by atoms with van der Waals surface area (Å²) in [5, 5.41) is 2.98. The molecular formula is C15H18N2O3S. The lowest BCUT2D eigenvalue weighted by atomic mass is 10.3. The zero-order valence-electron chi connectivity index (χ0n) is 11.8. The van der Waals surface area contributed by atoms with Crippen LogP contribution in [-0.4, -0.2) is 25.8 Å². The van der Waals surface area contributed by atoms with Crippen molar-refractivity contribution >= 4 is 15.7 Å². The van der Waals surface area contributed by atoms with Crippen molar-refractivity contribution in [3.05, 3.63) is 48.4 Å². The van der Waals surface area contributed by atoms with Gasteiger partial charge >= 0.3 is 0 Å². The number of furan rings is 1. The first-order valence-corrected chi connectivity index (χ1v) is 8.37. The summed E-state index contributed by atoms with van der Waals surface area (Å²) in [5.41, 5.74) is 0.887. The average molecular weight is 306 g/mol.